The minimum atomic E-state index is 0.187. The van der Waals surface area contributed by atoms with Crippen molar-refractivity contribution in [1.82, 2.24) is 5.32 Å². The second-order valence-electron chi connectivity index (χ2n) is 7.30. The Hall–Kier alpha value is -2.60. The van der Waals surface area contributed by atoms with Crippen molar-refractivity contribution < 1.29 is 18.9 Å². The predicted octanol–water partition coefficient (Wildman–Crippen LogP) is 3.75. The molecule has 1 saturated heterocycles. The molecule has 0 bridgehead atoms. The van der Waals surface area contributed by atoms with Gasteiger partial charge in [0, 0.05) is 42.5 Å². The Morgan fingerprint density at radius 3 is 2.54 bits per heavy atom. The van der Waals surface area contributed by atoms with E-state index < -0.39 is 0 Å². The van der Waals surface area contributed by atoms with Crippen LogP contribution in [0.2, 0.25) is 0 Å². The molecule has 2 aromatic carbocycles. The first-order valence-electron chi connectivity index (χ1n) is 9.80. The van der Waals surface area contributed by atoms with Crippen LogP contribution < -0.4 is 29.2 Å². The third kappa shape index (κ3) is 3.83. The molecule has 150 valence electrons. The minimum Gasteiger partial charge on any atom is -0.497 e. The average molecular weight is 384 g/mol. The van der Waals surface area contributed by atoms with E-state index in [9.17, 15) is 0 Å². The molecule has 0 amide bonds. The molecule has 4 rings (SSSR count). The molecule has 1 unspecified atom stereocenters. The van der Waals surface area contributed by atoms with Crippen molar-refractivity contribution in [2.24, 2.45) is 0 Å². The molecule has 2 heterocycles. The van der Waals surface area contributed by atoms with Gasteiger partial charge in [-0.05, 0) is 50.1 Å². The smallest absolute Gasteiger partial charge is 0.231 e. The van der Waals surface area contributed by atoms with Gasteiger partial charge in [-0.3, -0.25) is 0 Å². The molecular weight excluding hydrogens is 356 g/mol. The number of hydrogen-bond acceptors (Lipinski definition) is 6. The number of nitrogens with zero attached hydrogens (tertiary/aromatic N) is 1. The van der Waals surface area contributed by atoms with Gasteiger partial charge in [0.2, 0.25) is 6.79 Å². The SMILES string of the molecule is COc1ccc(OC)c(C(C)NC2CCN(c3ccc4c(c3)OCO4)CC2)c1. The van der Waals surface area contributed by atoms with Crippen LogP contribution in [0.25, 0.3) is 0 Å². The number of anilines is 1. The summed E-state index contributed by atoms with van der Waals surface area (Å²) in [4.78, 5) is 2.41. The molecule has 1 N–H and O–H groups in total. The van der Waals surface area contributed by atoms with Gasteiger partial charge in [-0.1, -0.05) is 0 Å². The highest BCUT2D eigenvalue weighted by molar-refractivity contribution is 5.57. The van der Waals surface area contributed by atoms with Crippen molar-refractivity contribution >= 4 is 5.69 Å². The van der Waals surface area contributed by atoms with Crippen LogP contribution in [-0.2, 0) is 0 Å². The molecule has 1 atom stereocenters. The van der Waals surface area contributed by atoms with Gasteiger partial charge in [0.1, 0.15) is 11.5 Å². The summed E-state index contributed by atoms with van der Waals surface area (Å²) in [5.41, 5.74) is 2.32. The van der Waals surface area contributed by atoms with Gasteiger partial charge in [0.25, 0.3) is 0 Å². The van der Waals surface area contributed by atoms with Gasteiger partial charge in [-0.2, -0.15) is 0 Å². The quantitative estimate of drug-likeness (QED) is 0.819. The highest BCUT2D eigenvalue weighted by Crippen LogP contribution is 2.36. The largest absolute Gasteiger partial charge is 0.497 e. The van der Waals surface area contributed by atoms with Crippen LogP contribution in [0.15, 0.2) is 36.4 Å². The van der Waals surface area contributed by atoms with E-state index in [1.54, 1.807) is 14.2 Å². The molecule has 28 heavy (non-hydrogen) atoms. The number of ether oxygens (including phenoxy) is 4. The number of hydrogen-bond donors (Lipinski definition) is 1. The third-order valence-corrected chi connectivity index (χ3v) is 5.61. The fourth-order valence-corrected chi connectivity index (χ4v) is 4.01. The van der Waals surface area contributed by atoms with Gasteiger partial charge < -0.3 is 29.2 Å². The molecule has 0 aliphatic carbocycles. The standard InChI is InChI=1S/C22H28N2O4/c1-15(19-13-18(25-2)5-7-20(19)26-3)23-16-8-10-24(11-9-16)17-4-6-21-22(12-17)28-14-27-21/h4-7,12-13,15-16,23H,8-11,14H2,1-3H3. The Bertz CT molecular complexity index is 818. The first-order chi connectivity index (χ1) is 13.7. The van der Waals surface area contributed by atoms with Crippen LogP contribution in [0.3, 0.4) is 0 Å². The molecule has 2 aliphatic heterocycles. The van der Waals surface area contributed by atoms with Gasteiger partial charge in [-0.15, -0.1) is 0 Å². The van der Waals surface area contributed by atoms with Gasteiger partial charge in [0.15, 0.2) is 11.5 Å². The fourth-order valence-electron chi connectivity index (χ4n) is 4.01. The zero-order valence-electron chi connectivity index (χ0n) is 16.7. The average Bonchev–Trinajstić information content (AvgIpc) is 3.21. The molecule has 2 aromatic rings. The second-order valence-corrected chi connectivity index (χ2v) is 7.30. The van der Waals surface area contributed by atoms with Crippen molar-refractivity contribution in [3.05, 3.63) is 42.0 Å². The summed E-state index contributed by atoms with van der Waals surface area (Å²) < 4.78 is 21.8. The Balaban J connectivity index is 1.37. The Kier molecular flexibility index (Phi) is 5.48. The van der Waals surface area contributed by atoms with Gasteiger partial charge >= 0.3 is 0 Å². The molecule has 1 fully saturated rings. The molecule has 0 saturated carbocycles. The number of piperidine rings is 1. The van der Waals surface area contributed by atoms with Crippen LogP contribution in [0.4, 0.5) is 5.69 Å². The maximum absolute atomic E-state index is 5.54. The highest BCUT2D eigenvalue weighted by atomic mass is 16.7. The summed E-state index contributed by atoms with van der Waals surface area (Å²) >= 11 is 0. The van der Waals surface area contributed by atoms with Crippen LogP contribution in [-0.4, -0.2) is 40.1 Å². The van der Waals surface area contributed by atoms with Crippen molar-refractivity contribution in [2.45, 2.75) is 31.8 Å². The number of fused-ring (bicyclic) bond motifs is 1. The minimum absolute atomic E-state index is 0.187. The lowest BCUT2D eigenvalue weighted by molar-refractivity contribution is 0.174. The Labute approximate surface area is 166 Å². The summed E-state index contributed by atoms with van der Waals surface area (Å²) in [5.74, 6) is 3.42. The normalized spacial score (nSPS) is 17.5. The van der Waals surface area contributed by atoms with E-state index >= 15 is 0 Å². The summed E-state index contributed by atoms with van der Waals surface area (Å²) in [6, 6.07) is 12.8. The van der Waals surface area contributed by atoms with E-state index in [0.717, 1.165) is 54.5 Å². The van der Waals surface area contributed by atoms with E-state index in [4.69, 9.17) is 18.9 Å². The maximum atomic E-state index is 5.54. The van der Waals surface area contributed by atoms with Crippen LogP contribution in [0, 0.1) is 0 Å². The number of nitrogens with one attached hydrogen (secondary N) is 1. The van der Waals surface area contributed by atoms with Crippen molar-refractivity contribution in [3.8, 4) is 23.0 Å². The lowest BCUT2D eigenvalue weighted by Gasteiger charge is -2.35. The van der Waals surface area contributed by atoms with Crippen molar-refractivity contribution in [1.29, 1.82) is 0 Å². The van der Waals surface area contributed by atoms with Gasteiger partial charge in [0.05, 0.1) is 14.2 Å². The van der Waals surface area contributed by atoms with E-state index in [1.807, 2.05) is 18.2 Å². The van der Waals surface area contributed by atoms with Crippen molar-refractivity contribution in [2.75, 3.05) is 39.0 Å². The second kappa shape index (κ2) is 8.19. The van der Waals surface area contributed by atoms with E-state index in [-0.39, 0.29) is 6.04 Å². The Morgan fingerprint density at radius 2 is 1.79 bits per heavy atom. The number of rotatable bonds is 6. The summed E-state index contributed by atoms with van der Waals surface area (Å²) in [6.45, 7) is 4.52. The zero-order chi connectivity index (χ0) is 19.5. The molecule has 6 heteroatoms. The zero-order valence-corrected chi connectivity index (χ0v) is 16.7. The lowest BCUT2D eigenvalue weighted by Crippen LogP contribution is -2.43. The lowest BCUT2D eigenvalue weighted by atomic mass is 10.0. The maximum Gasteiger partial charge on any atom is 0.231 e. The first kappa shape index (κ1) is 18.7. The van der Waals surface area contributed by atoms with Crippen LogP contribution in [0.1, 0.15) is 31.4 Å². The monoisotopic (exact) mass is 384 g/mol. The predicted molar refractivity (Wildman–Crippen MR) is 109 cm³/mol. The van der Waals surface area contributed by atoms with E-state index in [1.165, 1.54) is 5.69 Å². The summed E-state index contributed by atoms with van der Waals surface area (Å²) in [5, 5.41) is 3.77. The number of methoxy groups -OCH3 is 2. The third-order valence-electron chi connectivity index (χ3n) is 5.61. The summed E-state index contributed by atoms with van der Waals surface area (Å²) in [7, 11) is 3.40. The molecular formula is C22H28N2O4. The van der Waals surface area contributed by atoms with Crippen molar-refractivity contribution in [3.63, 3.8) is 0 Å². The molecule has 0 spiro atoms. The fraction of sp³-hybridized carbons (Fsp3) is 0.455. The van der Waals surface area contributed by atoms with E-state index in [2.05, 4.69) is 35.3 Å². The topological polar surface area (TPSA) is 52.2 Å². The summed E-state index contributed by atoms with van der Waals surface area (Å²) in [6.07, 6.45) is 2.18. The first-order valence-corrected chi connectivity index (χ1v) is 9.80. The van der Waals surface area contributed by atoms with Gasteiger partial charge in [-0.25, -0.2) is 0 Å². The van der Waals surface area contributed by atoms with E-state index in [0.29, 0.717) is 12.8 Å². The van der Waals surface area contributed by atoms with Crippen LogP contribution in [0.5, 0.6) is 23.0 Å². The number of benzene rings is 2. The highest BCUT2D eigenvalue weighted by Gasteiger charge is 2.24. The Morgan fingerprint density at radius 1 is 1.00 bits per heavy atom. The molecule has 0 aromatic heterocycles. The molecule has 2 aliphatic rings. The molecule has 0 radical (unpaired) electrons. The molecule has 6 nitrogen and oxygen atoms in total. The van der Waals surface area contributed by atoms with Crippen LogP contribution >= 0.6 is 0 Å².